The summed E-state index contributed by atoms with van der Waals surface area (Å²) in [6.45, 7) is 0. The normalized spacial score (nSPS) is 12.4. The minimum Gasteiger partial charge on any atom is -0.249 e. The lowest BCUT2D eigenvalue weighted by atomic mass is 10.4. The van der Waals surface area contributed by atoms with Gasteiger partial charge in [-0.3, -0.25) is 0 Å². The van der Waals surface area contributed by atoms with Crippen molar-refractivity contribution < 1.29 is 4.21 Å². The predicted molar refractivity (Wildman–Crippen MR) is 75.4 cm³/mol. The molecule has 2 rings (SSSR count). The van der Waals surface area contributed by atoms with E-state index in [1.807, 2.05) is 6.07 Å². The highest BCUT2D eigenvalue weighted by Gasteiger charge is 2.21. The third-order valence-corrected chi connectivity index (χ3v) is 5.28. The second-order valence-corrected chi connectivity index (χ2v) is 6.12. The van der Waals surface area contributed by atoms with E-state index >= 15 is 0 Å². The molecule has 0 radical (unpaired) electrons. The summed E-state index contributed by atoms with van der Waals surface area (Å²) in [5.74, 6) is 0. The Bertz CT molecular complexity index is 592. The Balaban J connectivity index is 2.62. The topological polar surface area (TPSA) is 30.0 Å². The summed E-state index contributed by atoms with van der Waals surface area (Å²) in [5.41, 5.74) is 0. The fourth-order valence-electron chi connectivity index (χ4n) is 1.29. The van der Waals surface area contributed by atoms with Crippen LogP contribution in [0.25, 0.3) is 0 Å². The maximum absolute atomic E-state index is 12.4. The first kappa shape index (κ1) is 14.1. The molecule has 0 amide bonds. The number of halogens is 4. The molecule has 7 heteroatoms. The van der Waals surface area contributed by atoms with E-state index in [4.69, 9.17) is 46.4 Å². The molecule has 0 spiro atoms. The second kappa shape index (κ2) is 5.76. The minimum atomic E-state index is -1.56. The highest BCUT2D eigenvalue weighted by atomic mass is 35.5. The van der Waals surface area contributed by atoms with Crippen LogP contribution in [0.5, 0.6) is 0 Å². The van der Waals surface area contributed by atoms with Gasteiger partial charge in [-0.15, -0.1) is 0 Å². The van der Waals surface area contributed by atoms with Gasteiger partial charge in [0.1, 0.15) is 0 Å². The number of nitrogens with zero attached hydrogens (tertiary/aromatic N) is 1. The van der Waals surface area contributed by atoms with Gasteiger partial charge in [-0.25, -0.2) is 9.19 Å². The second-order valence-electron chi connectivity index (χ2n) is 3.23. The van der Waals surface area contributed by atoms with Crippen LogP contribution in [0.4, 0.5) is 0 Å². The van der Waals surface area contributed by atoms with Gasteiger partial charge in [0, 0.05) is 4.90 Å². The smallest absolute Gasteiger partial charge is 0.150 e. The molecule has 0 aliphatic rings. The van der Waals surface area contributed by atoms with E-state index in [0.29, 0.717) is 4.90 Å². The number of hydrogen-bond acceptors (Lipinski definition) is 2. The summed E-state index contributed by atoms with van der Waals surface area (Å²) in [5, 5.41) is 0.0530. The lowest BCUT2D eigenvalue weighted by molar-refractivity contribution is 0.683. The van der Waals surface area contributed by atoms with Crippen molar-refractivity contribution in [3.8, 4) is 0 Å². The average Bonchev–Trinajstić information content (AvgIpc) is 2.37. The Kier molecular flexibility index (Phi) is 4.51. The van der Waals surface area contributed by atoms with Crippen molar-refractivity contribution in [2.24, 2.45) is 0 Å². The standard InChI is InChI=1S/C11H5Cl4NOS/c12-7-9(8(13)11(15)16-10(7)14)18(17)6-4-2-1-3-5-6/h1-5H. The Morgan fingerprint density at radius 3 is 1.89 bits per heavy atom. The quantitative estimate of drug-likeness (QED) is 0.730. The van der Waals surface area contributed by atoms with Crippen LogP contribution in [0.15, 0.2) is 40.1 Å². The molecule has 2 aromatic rings. The first-order valence-electron chi connectivity index (χ1n) is 4.69. The Hall–Kier alpha value is -0.320. The van der Waals surface area contributed by atoms with E-state index in [-0.39, 0.29) is 25.2 Å². The molecule has 1 aromatic heterocycles. The van der Waals surface area contributed by atoms with Gasteiger partial charge in [-0.2, -0.15) is 0 Å². The van der Waals surface area contributed by atoms with Crippen molar-refractivity contribution in [3.63, 3.8) is 0 Å². The largest absolute Gasteiger partial charge is 0.249 e. The maximum Gasteiger partial charge on any atom is 0.150 e. The summed E-state index contributed by atoms with van der Waals surface area (Å²) in [4.78, 5) is 4.47. The number of rotatable bonds is 2. The molecular weight excluding hydrogens is 336 g/mol. The monoisotopic (exact) mass is 339 g/mol. The van der Waals surface area contributed by atoms with E-state index < -0.39 is 10.8 Å². The summed E-state index contributed by atoms with van der Waals surface area (Å²) < 4.78 is 12.4. The molecule has 0 bridgehead atoms. The average molecular weight is 341 g/mol. The van der Waals surface area contributed by atoms with Crippen molar-refractivity contribution in [1.82, 2.24) is 4.98 Å². The van der Waals surface area contributed by atoms with Crippen molar-refractivity contribution in [3.05, 3.63) is 50.7 Å². The minimum absolute atomic E-state index is 0.0228. The lowest BCUT2D eigenvalue weighted by Gasteiger charge is -2.09. The number of pyridine rings is 1. The zero-order valence-corrected chi connectivity index (χ0v) is 12.5. The fourth-order valence-corrected chi connectivity index (χ4v) is 3.71. The van der Waals surface area contributed by atoms with Gasteiger partial charge in [0.05, 0.1) is 25.7 Å². The summed E-state index contributed by atoms with van der Waals surface area (Å²) in [6, 6.07) is 8.74. The number of hydrogen-bond donors (Lipinski definition) is 0. The van der Waals surface area contributed by atoms with Gasteiger partial charge in [-0.1, -0.05) is 64.6 Å². The SMILES string of the molecule is O=S(c1ccccc1)c1c(Cl)c(Cl)nc(Cl)c1Cl. The van der Waals surface area contributed by atoms with Crippen molar-refractivity contribution in [2.75, 3.05) is 0 Å². The highest BCUT2D eigenvalue weighted by Crippen LogP contribution is 2.38. The number of benzene rings is 1. The van der Waals surface area contributed by atoms with Crippen LogP contribution in [0.1, 0.15) is 0 Å². The fraction of sp³-hybridized carbons (Fsp3) is 0. The maximum atomic E-state index is 12.4. The molecule has 0 saturated heterocycles. The van der Waals surface area contributed by atoms with Crippen LogP contribution in [-0.4, -0.2) is 9.19 Å². The van der Waals surface area contributed by atoms with Gasteiger partial charge < -0.3 is 0 Å². The molecule has 1 aromatic carbocycles. The van der Waals surface area contributed by atoms with Crippen molar-refractivity contribution in [2.45, 2.75) is 9.79 Å². The molecule has 1 unspecified atom stereocenters. The first-order chi connectivity index (χ1) is 8.52. The summed E-state index contributed by atoms with van der Waals surface area (Å²) >= 11 is 23.6. The van der Waals surface area contributed by atoms with E-state index in [2.05, 4.69) is 4.98 Å². The molecule has 0 saturated carbocycles. The Labute approximate surface area is 126 Å². The van der Waals surface area contributed by atoms with Gasteiger partial charge >= 0.3 is 0 Å². The molecule has 1 atom stereocenters. The zero-order chi connectivity index (χ0) is 13.3. The van der Waals surface area contributed by atoms with E-state index in [1.165, 1.54) is 0 Å². The van der Waals surface area contributed by atoms with E-state index in [0.717, 1.165) is 0 Å². The van der Waals surface area contributed by atoms with E-state index in [9.17, 15) is 4.21 Å². The van der Waals surface area contributed by atoms with Crippen molar-refractivity contribution >= 4 is 57.2 Å². The van der Waals surface area contributed by atoms with Gasteiger partial charge in [0.2, 0.25) is 0 Å². The Morgan fingerprint density at radius 1 is 0.889 bits per heavy atom. The highest BCUT2D eigenvalue weighted by molar-refractivity contribution is 7.85. The third-order valence-electron chi connectivity index (χ3n) is 2.10. The number of aromatic nitrogens is 1. The lowest BCUT2D eigenvalue weighted by Crippen LogP contribution is -1.98. The Morgan fingerprint density at radius 2 is 1.39 bits per heavy atom. The van der Waals surface area contributed by atoms with E-state index in [1.54, 1.807) is 24.3 Å². The molecule has 94 valence electrons. The third kappa shape index (κ3) is 2.65. The van der Waals surface area contributed by atoms with Crippen LogP contribution in [0.3, 0.4) is 0 Å². The predicted octanol–water partition coefficient (Wildman–Crippen LogP) is 4.86. The molecule has 0 aliphatic heterocycles. The van der Waals surface area contributed by atoms with Crippen LogP contribution < -0.4 is 0 Å². The van der Waals surface area contributed by atoms with Crippen molar-refractivity contribution in [1.29, 1.82) is 0 Å². The molecular formula is C11H5Cl4NOS. The molecule has 0 fully saturated rings. The van der Waals surface area contributed by atoms with Gasteiger partial charge in [0.15, 0.2) is 10.3 Å². The molecule has 18 heavy (non-hydrogen) atoms. The van der Waals surface area contributed by atoms with Gasteiger partial charge in [-0.05, 0) is 12.1 Å². The van der Waals surface area contributed by atoms with Crippen LogP contribution in [0.2, 0.25) is 20.4 Å². The molecule has 0 N–H and O–H groups in total. The van der Waals surface area contributed by atoms with Gasteiger partial charge in [0.25, 0.3) is 0 Å². The van der Waals surface area contributed by atoms with Crippen LogP contribution >= 0.6 is 46.4 Å². The van der Waals surface area contributed by atoms with Crippen LogP contribution in [-0.2, 0) is 10.8 Å². The summed E-state index contributed by atoms with van der Waals surface area (Å²) in [7, 11) is -1.56. The molecule has 1 heterocycles. The molecule has 2 nitrogen and oxygen atoms in total. The zero-order valence-electron chi connectivity index (χ0n) is 8.66. The first-order valence-corrected chi connectivity index (χ1v) is 7.35. The molecule has 0 aliphatic carbocycles. The summed E-state index contributed by atoms with van der Waals surface area (Å²) in [6.07, 6.45) is 0. The van der Waals surface area contributed by atoms with Crippen LogP contribution in [0, 0.1) is 0 Å².